The van der Waals surface area contributed by atoms with Crippen LogP contribution in [0.15, 0.2) is 108 Å². The lowest BCUT2D eigenvalue weighted by molar-refractivity contribution is 0.0600. The second-order valence-electron chi connectivity index (χ2n) is 7.96. The molecule has 4 aromatic carbocycles. The van der Waals surface area contributed by atoms with Gasteiger partial charge in [0.05, 0.1) is 17.6 Å². The number of hydrogen-bond acceptors (Lipinski definition) is 6. The minimum atomic E-state index is -3.96. The maximum atomic E-state index is 13.0. The third-order valence-corrected chi connectivity index (χ3v) is 6.68. The average Bonchev–Trinajstić information content (AvgIpc) is 2.93. The number of rotatable bonds is 9. The number of nitrogens with one attached hydrogen (secondary N) is 2. The number of methoxy groups -OCH3 is 1. The Morgan fingerprint density at radius 1 is 0.757 bits per heavy atom. The Kier molecular flexibility index (Phi) is 7.85. The van der Waals surface area contributed by atoms with Crippen LogP contribution >= 0.6 is 0 Å². The summed E-state index contributed by atoms with van der Waals surface area (Å²) in [5, 5.41) is 2.66. The van der Waals surface area contributed by atoms with Crippen LogP contribution in [0, 0.1) is 0 Å². The van der Waals surface area contributed by atoms with Crippen molar-refractivity contribution in [2.45, 2.75) is 11.5 Å². The van der Waals surface area contributed by atoms with Gasteiger partial charge in [-0.2, -0.15) is 0 Å². The molecule has 9 heteroatoms. The summed E-state index contributed by atoms with van der Waals surface area (Å²) in [6, 6.07) is 28.1. The highest BCUT2D eigenvalue weighted by Gasteiger charge is 2.17. The fourth-order valence-corrected chi connectivity index (χ4v) is 4.53. The highest BCUT2D eigenvalue weighted by atomic mass is 32.2. The monoisotopic (exact) mass is 516 g/mol. The van der Waals surface area contributed by atoms with Crippen LogP contribution in [0.5, 0.6) is 5.75 Å². The normalized spacial score (nSPS) is 10.8. The van der Waals surface area contributed by atoms with Crippen molar-refractivity contribution in [1.29, 1.82) is 0 Å². The Hall–Kier alpha value is -4.63. The molecular formula is C28H24N2O6S. The Labute approximate surface area is 214 Å². The molecule has 0 bridgehead atoms. The number of esters is 1. The van der Waals surface area contributed by atoms with Crippen molar-refractivity contribution in [2.24, 2.45) is 0 Å². The van der Waals surface area contributed by atoms with E-state index in [-0.39, 0.29) is 16.0 Å². The van der Waals surface area contributed by atoms with Gasteiger partial charge in [-0.15, -0.1) is 0 Å². The van der Waals surface area contributed by atoms with Crippen LogP contribution in [-0.4, -0.2) is 27.4 Å². The van der Waals surface area contributed by atoms with Gasteiger partial charge < -0.3 is 14.8 Å². The zero-order valence-electron chi connectivity index (χ0n) is 19.9. The quantitative estimate of drug-likeness (QED) is 0.299. The molecule has 0 saturated heterocycles. The summed E-state index contributed by atoms with van der Waals surface area (Å²) in [5.74, 6) is -0.466. The first-order valence-electron chi connectivity index (χ1n) is 11.2. The van der Waals surface area contributed by atoms with E-state index in [1.54, 1.807) is 42.5 Å². The highest BCUT2D eigenvalue weighted by Crippen LogP contribution is 2.21. The Bertz CT molecular complexity index is 1500. The number of carbonyl (C=O) groups excluding carboxylic acids is 2. The molecule has 188 valence electrons. The SMILES string of the molecule is COC(=O)c1cccc(NC(=O)c2cccc(S(=O)(=O)Nc3ccc(OCc4ccccc4)cc3)c2)c1. The Morgan fingerprint density at radius 2 is 1.46 bits per heavy atom. The molecular weight excluding hydrogens is 492 g/mol. The van der Waals surface area contributed by atoms with E-state index in [1.807, 2.05) is 30.3 Å². The van der Waals surface area contributed by atoms with Crippen LogP contribution in [0.4, 0.5) is 11.4 Å². The number of amides is 1. The van der Waals surface area contributed by atoms with Crippen molar-refractivity contribution in [3.63, 3.8) is 0 Å². The van der Waals surface area contributed by atoms with Gasteiger partial charge in [-0.3, -0.25) is 9.52 Å². The van der Waals surface area contributed by atoms with Crippen LogP contribution in [0.2, 0.25) is 0 Å². The summed E-state index contributed by atoms with van der Waals surface area (Å²) in [6.45, 7) is 0.397. The molecule has 1 amide bonds. The van der Waals surface area contributed by atoms with E-state index >= 15 is 0 Å². The van der Waals surface area contributed by atoms with Crippen LogP contribution in [-0.2, 0) is 21.4 Å². The molecule has 0 radical (unpaired) electrons. The van der Waals surface area contributed by atoms with E-state index in [2.05, 4.69) is 14.8 Å². The molecule has 0 atom stereocenters. The molecule has 0 aliphatic rings. The first-order valence-corrected chi connectivity index (χ1v) is 12.7. The van der Waals surface area contributed by atoms with E-state index < -0.39 is 21.9 Å². The summed E-state index contributed by atoms with van der Waals surface area (Å²) in [7, 11) is -2.70. The third-order valence-electron chi connectivity index (χ3n) is 5.30. The first-order chi connectivity index (χ1) is 17.8. The van der Waals surface area contributed by atoms with Crippen LogP contribution in [0.25, 0.3) is 0 Å². The van der Waals surface area contributed by atoms with Gasteiger partial charge in [0.2, 0.25) is 0 Å². The number of sulfonamides is 1. The molecule has 0 unspecified atom stereocenters. The third kappa shape index (κ3) is 6.74. The molecule has 0 heterocycles. The van der Waals surface area contributed by atoms with Crippen molar-refractivity contribution in [3.8, 4) is 5.75 Å². The fraction of sp³-hybridized carbons (Fsp3) is 0.0714. The molecule has 2 N–H and O–H groups in total. The van der Waals surface area contributed by atoms with E-state index in [1.165, 1.54) is 37.4 Å². The Morgan fingerprint density at radius 3 is 2.19 bits per heavy atom. The lowest BCUT2D eigenvalue weighted by atomic mass is 10.1. The minimum Gasteiger partial charge on any atom is -0.489 e. The van der Waals surface area contributed by atoms with Gasteiger partial charge in [-0.1, -0.05) is 42.5 Å². The summed E-state index contributed by atoms with van der Waals surface area (Å²) in [4.78, 5) is 24.4. The molecule has 0 fully saturated rings. The zero-order valence-corrected chi connectivity index (χ0v) is 20.7. The van der Waals surface area contributed by atoms with Gasteiger partial charge in [0, 0.05) is 16.9 Å². The molecule has 0 saturated carbocycles. The van der Waals surface area contributed by atoms with Crippen molar-refractivity contribution >= 4 is 33.3 Å². The molecule has 37 heavy (non-hydrogen) atoms. The maximum absolute atomic E-state index is 13.0. The predicted molar refractivity (Wildman–Crippen MR) is 140 cm³/mol. The molecule has 4 aromatic rings. The largest absolute Gasteiger partial charge is 0.489 e. The summed E-state index contributed by atoms with van der Waals surface area (Å²) >= 11 is 0. The van der Waals surface area contributed by atoms with Gasteiger partial charge in [-0.25, -0.2) is 13.2 Å². The predicted octanol–water partition coefficient (Wildman–Crippen LogP) is 5.11. The van der Waals surface area contributed by atoms with Crippen molar-refractivity contribution in [3.05, 3.63) is 120 Å². The molecule has 0 aliphatic carbocycles. The minimum absolute atomic E-state index is 0.0761. The van der Waals surface area contributed by atoms with Crippen LogP contribution in [0.3, 0.4) is 0 Å². The van der Waals surface area contributed by atoms with Crippen molar-refractivity contribution in [1.82, 2.24) is 0 Å². The van der Waals surface area contributed by atoms with Crippen molar-refractivity contribution < 1.29 is 27.5 Å². The van der Waals surface area contributed by atoms with Crippen LogP contribution in [0.1, 0.15) is 26.3 Å². The van der Waals surface area contributed by atoms with Gasteiger partial charge in [0.1, 0.15) is 12.4 Å². The number of hydrogen-bond donors (Lipinski definition) is 2. The summed E-state index contributed by atoms with van der Waals surface area (Å²) in [5.41, 5.74) is 2.15. The van der Waals surface area contributed by atoms with E-state index in [0.29, 0.717) is 23.7 Å². The number of carbonyl (C=O) groups is 2. The smallest absolute Gasteiger partial charge is 0.337 e. The fourth-order valence-electron chi connectivity index (χ4n) is 3.42. The maximum Gasteiger partial charge on any atom is 0.337 e. The number of benzene rings is 4. The van der Waals surface area contributed by atoms with Gasteiger partial charge >= 0.3 is 5.97 Å². The Balaban J connectivity index is 1.42. The lowest BCUT2D eigenvalue weighted by Gasteiger charge is -2.11. The summed E-state index contributed by atoms with van der Waals surface area (Å²) < 4.78 is 38.8. The molecule has 8 nitrogen and oxygen atoms in total. The standard InChI is InChI=1S/C28H24N2O6S/c1-35-28(32)22-10-5-11-24(17-22)29-27(31)21-9-6-12-26(18-21)37(33,34)30-23-13-15-25(16-14-23)36-19-20-7-3-2-4-8-20/h2-18,30H,19H2,1H3,(H,29,31). The van der Waals surface area contributed by atoms with Crippen LogP contribution < -0.4 is 14.8 Å². The van der Waals surface area contributed by atoms with E-state index in [0.717, 1.165) is 5.56 Å². The van der Waals surface area contributed by atoms with Gasteiger partial charge in [0.25, 0.3) is 15.9 Å². The topological polar surface area (TPSA) is 111 Å². The molecule has 0 spiro atoms. The summed E-state index contributed by atoms with van der Waals surface area (Å²) in [6.07, 6.45) is 0. The lowest BCUT2D eigenvalue weighted by Crippen LogP contribution is -2.16. The molecule has 0 aromatic heterocycles. The number of ether oxygens (including phenoxy) is 2. The number of anilines is 2. The van der Waals surface area contributed by atoms with Gasteiger partial charge in [-0.05, 0) is 66.2 Å². The zero-order chi connectivity index (χ0) is 26.3. The highest BCUT2D eigenvalue weighted by molar-refractivity contribution is 7.92. The van der Waals surface area contributed by atoms with Gasteiger partial charge in [0.15, 0.2) is 0 Å². The average molecular weight is 517 g/mol. The second-order valence-corrected chi connectivity index (χ2v) is 9.64. The molecule has 4 rings (SSSR count). The first kappa shape index (κ1) is 25.5. The van der Waals surface area contributed by atoms with E-state index in [4.69, 9.17) is 4.74 Å². The second kappa shape index (κ2) is 11.4. The van der Waals surface area contributed by atoms with E-state index in [9.17, 15) is 18.0 Å². The molecule has 0 aliphatic heterocycles. The van der Waals surface area contributed by atoms with Crippen molar-refractivity contribution in [2.75, 3.05) is 17.1 Å².